The summed E-state index contributed by atoms with van der Waals surface area (Å²) in [5, 5.41) is 3.79. The normalized spacial score (nSPS) is 13.0. The third kappa shape index (κ3) is 5.21. The van der Waals surface area contributed by atoms with Crippen molar-refractivity contribution in [3.8, 4) is 0 Å². The molecule has 1 aromatic heterocycles. The van der Waals surface area contributed by atoms with E-state index in [1.54, 1.807) is 24.3 Å². The Morgan fingerprint density at radius 2 is 1.71 bits per heavy atom. The lowest BCUT2D eigenvalue weighted by molar-refractivity contribution is -0.123. The molecule has 0 aliphatic heterocycles. The van der Waals surface area contributed by atoms with Crippen LogP contribution in [0.2, 0.25) is 0 Å². The lowest BCUT2D eigenvalue weighted by Crippen LogP contribution is -2.49. The summed E-state index contributed by atoms with van der Waals surface area (Å²) in [4.78, 5) is 15.9. The lowest BCUT2D eigenvalue weighted by atomic mass is 10.0. The smallest absolute Gasteiger partial charge is 0.238 e. The van der Waals surface area contributed by atoms with Gasteiger partial charge < -0.3 is 10.3 Å². The standard InChI is InChI=1S/C21H25N3O3S/c1-15(2)23-21(25)20(12-17-13-22-19-11-7-6-10-18(17)19)24-28(26,27)14-16-8-4-3-5-9-16/h3-11,13,15,20,22,24H,12,14H2,1-2H3,(H,23,25)/t20-/m0/s1. The van der Waals surface area contributed by atoms with E-state index in [2.05, 4.69) is 15.0 Å². The highest BCUT2D eigenvalue weighted by Gasteiger charge is 2.26. The van der Waals surface area contributed by atoms with E-state index >= 15 is 0 Å². The molecule has 0 spiro atoms. The molecule has 0 bridgehead atoms. The molecule has 3 aromatic rings. The number of benzene rings is 2. The molecule has 0 saturated heterocycles. The SMILES string of the molecule is CC(C)NC(=O)[C@H](Cc1c[nH]c2ccccc12)NS(=O)(=O)Cc1ccccc1. The summed E-state index contributed by atoms with van der Waals surface area (Å²) < 4.78 is 28.0. The van der Waals surface area contributed by atoms with Crippen LogP contribution in [-0.2, 0) is 27.0 Å². The Morgan fingerprint density at radius 1 is 1.04 bits per heavy atom. The second kappa shape index (κ2) is 8.58. The first-order valence-corrected chi connectivity index (χ1v) is 10.9. The molecule has 3 rings (SSSR count). The lowest BCUT2D eigenvalue weighted by Gasteiger charge is -2.20. The molecule has 3 N–H and O–H groups in total. The Bertz CT molecular complexity index is 1040. The maximum absolute atomic E-state index is 12.7. The number of fused-ring (bicyclic) bond motifs is 1. The summed E-state index contributed by atoms with van der Waals surface area (Å²) in [5.74, 6) is -0.510. The minimum atomic E-state index is -3.69. The summed E-state index contributed by atoms with van der Waals surface area (Å²) in [7, 11) is -3.69. The third-order valence-corrected chi connectivity index (χ3v) is 5.72. The van der Waals surface area contributed by atoms with Crippen LogP contribution in [0.15, 0.2) is 60.8 Å². The van der Waals surface area contributed by atoms with Crippen LogP contribution in [-0.4, -0.2) is 31.4 Å². The van der Waals surface area contributed by atoms with Crippen molar-refractivity contribution in [3.63, 3.8) is 0 Å². The monoisotopic (exact) mass is 399 g/mol. The highest BCUT2D eigenvalue weighted by atomic mass is 32.2. The molecule has 6 nitrogen and oxygen atoms in total. The van der Waals surface area contributed by atoms with E-state index in [0.717, 1.165) is 16.5 Å². The van der Waals surface area contributed by atoms with Gasteiger partial charge in [-0.05, 0) is 37.5 Å². The minimum absolute atomic E-state index is 0.0865. The third-order valence-electron chi connectivity index (χ3n) is 4.37. The van der Waals surface area contributed by atoms with Gasteiger partial charge in [0.15, 0.2) is 0 Å². The van der Waals surface area contributed by atoms with E-state index in [4.69, 9.17) is 0 Å². The van der Waals surface area contributed by atoms with E-state index in [1.165, 1.54) is 0 Å². The number of carbonyl (C=O) groups excluding carboxylic acids is 1. The number of para-hydroxylation sites is 1. The highest BCUT2D eigenvalue weighted by molar-refractivity contribution is 7.88. The number of amides is 1. The molecular weight excluding hydrogens is 374 g/mol. The summed E-state index contributed by atoms with van der Waals surface area (Å²) >= 11 is 0. The van der Waals surface area contributed by atoms with E-state index in [9.17, 15) is 13.2 Å². The second-order valence-electron chi connectivity index (χ2n) is 7.14. The number of carbonyl (C=O) groups is 1. The Kier molecular flexibility index (Phi) is 6.16. The molecule has 0 radical (unpaired) electrons. The first kappa shape index (κ1) is 20.1. The van der Waals surface area contributed by atoms with Gasteiger partial charge in [-0.3, -0.25) is 4.79 Å². The average Bonchev–Trinajstić information content (AvgIpc) is 3.04. The van der Waals surface area contributed by atoms with Crippen LogP contribution in [0.5, 0.6) is 0 Å². The number of H-pyrrole nitrogens is 1. The summed E-state index contributed by atoms with van der Waals surface area (Å²) in [6, 6.07) is 15.7. The fourth-order valence-electron chi connectivity index (χ4n) is 3.15. The number of rotatable bonds is 8. The van der Waals surface area contributed by atoms with Gasteiger partial charge in [-0.1, -0.05) is 48.5 Å². The van der Waals surface area contributed by atoms with Gasteiger partial charge in [-0.2, -0.15) is 0 Å². The number of sulfonamides is 1. The fraction of sp³-hybridized carbons (Fsp3) is 0.286. The predicted octanol–water partition coefficient (Wildman–Crippen LogP) is 2.72. The molecule has 0 aliphatic carbocycles. The Balaban J connectivity index is 1.83. The van der Waals surface area contributed by atoms with Crippen LogP contribution < -0.4 is 10.0 Å². The molecule has 1 atom stereocenters. The molecule has 2 aromatic carbocycles. The molecule has 0 fully saturated rings. The van der Waals surface area contributed by atoms with E-state index < -0.39 is 16.1 Å². The number of hydrogen-bond acceptors (Lipinski definition) is 3. The first-order valence-electron chi connectivity index (χ1n) is 9.23. The van der Waals surface area contributed by atoms with Crippen LogP contribution in [0.1, 0.15) is 25.0 Å². The molecule has 1 amide bonds. The topological polar surface area (TPSA) is 91.1 Å². The average molecular weight is 400 g/mol. The van der Waals surface area contributed by atoms with Gasteiger partial charge in [0.1, 0.15) is 6.04 Å². The molecule has 0 unspecified atom stereocenters. The molecular formula is C21H25N3O3S. The van der Waals surface area contributed by atoms with Crippen molar-refractivity contribution < 1.29 is 13.2 Å². The van der Waals surface area contributed by atoms with Crippen molar-refractivity contribution in [1.82, 2.24) is 15.0 Å². The van der Waals surface area contributed by atoms with Gasteiger partial charge in [0.2, 0.25) is 15.9 Å². The molecule has 28 heavy (non-hydrogen) atoms. The second-order valence-corrected chi connectivity index (χ2v) is 8.90. The van der Waals surface area contributed by atoms with Crippen molar-refractivity contribution >= 4 is 26.8 Å². The summed E-state index contributed by atoms with van der Waals surface area (Å²) in [6.07, 6.45) is 2.09. The zero-order chi connectivity index (χ0) is 20.1. The van der Waals surface area contributed by atoms with Crippen LogP contribution in [0.25, 0.3) is 10.9 Å². The highest BCUT2D eigenvalue weighted by Crippen LogP contribution is 2.19. The minimum Gasteiger partial charge on any atom is -0.361 e. The number of aromatic amines is 1. The predicted molar refractivity (Wildman–Crippen MR) is 111 cm³/mol. The Hall–Kier alpha value is -2.64. The fourth-order valence-corrected chi connectivity index (χ4v) is 4.48. The summed E-state index contributed by atoms with van der Waals surface area (Å²) in [6.45, 7) is 3.69. The van der Waals surface area contributed by atoms with Crippen molar-refractivity contribution in [3.05, 3.63) is 71.9 Å². The molecule has 1 heterocycles. The molecule has 7 heteroatoms. The van der Waals surface area contributed by atoms with Gasteiger partial charge in [0.05, 0.1) is 5.75 Å². The maximum atomic E-state index is 12.7. The molecule has 0 saturated carbocycles. The number of nitrogens with one attached hydrogen (secondary N) is 3. The van der Waals surface area contributed by atoms with E-state index in [1.807, 2.05) is 50.4 Å². The number of hydrogen-bond donors (Lipinski definition) is 3. The zero-order valence-electron chi connectivity index (χ0n) is 16.0. The van der Waals surface area contributed by atoms with Crippen LogP contribution in [0.3, 0.4) is 0 Å². The first-order chi connectivity index (χ1) is 13.3. The quantitative estimate of drug-likeness (QED) is 0.544. The van der Waals surface area contributed by atoms with Crippen molar-refractivity contribution in [1.29, 1.82) is 0 Å². The van der Waals surface area contributed by atoms with Gasteiger partial charge in [-0.25, -0.2) is 13.1 Å². The van der Waals surface area contributed by atoms with Crippen LogP contribution >= 0.6 is 0 Å². The Morgan fingerprint density at radius 3 is 2.43 bits per heavy atom. The number of aromatic nitrogens is 1. The van der Waals surface area contributed by atoms with Crippen molar-refractivity contribution in [2.75, 3.05) is 0 Å². The van der Waals surface area contributed by atoms with Gasteiger partial charge in [0, 0.05) is 23.1 Å². The Labute approximate surface area is 165 Å². The van der Waals surface area contributed by atoms with Crippen molar-refractivity contribution in [2.24, 2.45) is 0 Å². The van der Waals surface area contributed by atoms with E-state index in [-0.39, 0.29) is 24.1 Å². The van der Waals surface area contributed by atoms with Gasteiger partial charge >= 0.3 is 0 Å². The van der Waals surface area contributed by atoms with Crippen molar-refractivity contribution in [2.45, 2.75) is 38.1 Å². The van der Waals surface area contributed by atoms with Gasteiger partial charge in [0.25, 0.3) is 0 Å². The zero-order valence-corrected chi connectivity index (χ0v) is 16.8. The summed E-state index contributed by atoms with van der Waals surface area (Å²) in [5.41, 5.74) is 2.51. The molecule has 148 valence electrons. The maximum Gasteiger partial charge on any atom is 0.238 e. The molecule has 0 aliphatic rings. The largest absolute Gasteiger partial charge is 0.361 e. The van der Waals surface area contributed by atoms with E-state index in [0.29, 0.717) is 5.56 Å². The van der Waals surface area contributed by atoms with Crippen LogP contribution in [0, 0.1) is 0 Å². The van der Waals surface area contributed by atoms with Gasteiger partial charge in [-0.15, -0.1) is 0 Å². The van der Waals surface area contributed by atoms with Crippen LogP contribution in [0.4, 0.5) is 0 Å².